The highest BCUT2D eigenvalue weighted by atomic mass is 16.6. The minimum atomic E-state index is -0.595. The molecule has 0 aliphatic rings. The molecule has 6 heteroatoms. The van der Waals surface area contributed by atoms with Crippen LogP contribution in [0.2, 0.25) is 0 Å². The third kappa shape index (κ3) is 5.23. The maximum Gasteiger partial charge on any atom is 0.272 e. The van der Waals surface area contributed by atoms with Gasteiger partial charge in [-0.3, -0.25) is 10.1 Å². The summed E-state index contributed by atoms with van der Waals surface area (Å²) < 4.78 is 5.40. The van der Waals surface area contributed by atoms with Crippen molar-refractivity contribution >= 4 is 5.69 Å². The van der Waals surface area contributed by atoms with Gasteiger partial charge in [-0.1, -0.05) is 6.92 Å². The van der Waals surface area contributed by atoms with Crippen molar-refractivity contribution in [1.29, 1.82) is 0 Å². The molecule has 0 fully saturated rings. The summed E-state index contributed by atoms with van der Waals surface area (Å²) >= 11 is 0. The summed E-state index contributed by atoms with van der Waals surface area (Å²) in [6.07, 6.45) is 0.414. The lowest BCUT2D eigenvalue weighted by atomic mass is 10.2. The van der Waals surface area contributed by atoms with E-state index in [1.807, 2.05) is 0 Å². The second kappa shape index (κ2) is 7.70. The lowest BCUT2D eigenvalue weighted by molar-refractivity contribution is -0.385. The van der Waals surface area contributed by atoms with Crippen molar-refractivity contribution in [2.45, 2.75) is 26.4 Å². The molecule has 106 valence electrons. The van der Waals surface area contributed by atoms with Gasteiger partial charge in [0, 0.05) is 18.2 Å². The predicted molar refractivity (Wildman–Crippen MR) is 72.5 cm³/mol. The predicted octanol–water partition coefficient (Wildman–Crippen LogP) is 1.64. The second-order valence-corrected chi connectivity index (χ2v) is 4.37. The van der Waals surface area contributed by atoms with Crippen LogP contribution in [0.3, 0.4) is 0 Å². The molecular weight excluding hydrogens is 248 g/mol. The molecule has 0 saturated heterocycles. The van der Waals surface area contributed by atoms with E-state index >= 15 is 0 Å². The SMILES string of the molecule is CCCNCC(O)COc1ccc([N+](=O)[O-])c(C)c1. The minimum absolute atomic E-state index is 0.0671. The highest BCUT2D eigenvalue weighted by Crippen LogP contribution is 2.22. The monoisotopic (exact) mass is 268 g/mol. The van der Waals surface area contributed by atoms with E-state index in [0.717, 1.165) is 13.0 Å². The Hall–Kier alpha value is -1.66. The van der Waals surface area contributed by atoms with Gasteiger partial charge in [-0.15, -0.1) is 0 Å². The van der Waals surface area contributed by atoms with Crippen molar-refractivity contribution in [2.24, 2.45) is 0 Å². The second-order valence-electron chi connectivity index (χ2n) is 4.37. The summed E-state index contributed by atoms with van der Waals surface area (Å²) in [5.41, 5.74) is 0.610. The molecule has 0 spiro atoms. The molecular formula is C13H20N2O4. The van der Waals surface area contributed by atoms with Gasteiger partial charge in [0.1, 0.15) is 18.5 Å². The number of nitro benzene ring substituents is 1. The van der Waals surface area contributed by atoms with E-state index in [1.165, 1.54) is 12.1 Å². The number of nitrogens with zero attached hydrogens (tertiary/aromatic N) is 1. The van der Waals surface area contributed by atoms with Crippen LogP contribution in [0.5, 0.6) is 5.75 Å². The fourth-order valence-electron chi connectivity index (χ4n) is 1.62. The summed E-state index contributed by atoms with van der Waals surface area (Å²) in [6, 6.07) is 4.55. The van der Waals surface area contributed by atoms with E-state index < -0.39 is 11.0 Å². The first-order chi connectivity index (χ1) is 9.04. The molecule has 0 radical (unpaired) electrons. The van der Waals surface area contributed by atoms with Gasteiger partial charge in [-0.25, -0.2) is 0 Å². The van der Waals surface area contributed by atoms with Crippen molar-refractivity contribution in [2.75, 3.05) is 19.7 Å². The molecule has 1 rings (SSSR count). The summed E-state index contributed by atoms with van der Waals surface area (Å²) in [7, 11) is 0. The number of hydrogen-bond acceptors (Lipinski definition) is 5. The van der Waals surface area contributed by atoms with Crippen LogP contribution in [-0.4, -0.2) is 35.8 Å². The molecule has 0 aliphatic heterocycles. The number of rotatable bonds is 8. The normalized spacial score (nSPS) is 12.2. The summed E-state index contributed by atoms with van der Waals surface area (Å²) in [5, 5.41) is 23.4. The molecule has 0 bridgehead atoms. The smallest absolute Gasteiger partial charge is 0.272 e. The van der Waals surface area contributed by atoms with Crippen LogP contribution in [0, 0.1) is 17.0 Å². The number of nitrogens with one attached hydrogen (secondary N) is 1. The van der Waals surface area contributed by atoms with Gasteiger partial charge in [0.2, 0.25) is 0 Å². The number of ether oxygens (including phenoxy) is 1. The Labute approximate surface area is 112 Å². The van der Waals surface area contributed by atoms with Gasteiger partial charge in [-0.2, -0.15) is 0 Å². The molecule has 0 aromatic heterocycles. The topological polar surface area (TPSA) is 84.6 Å². The van der Waals surface area contributed by atoms with Crippen LogP contribution in [-0.2, 0) is 0 Å². The molecule has 1 aromatic carbocycles. The Bertz CT molecular complexity index is 423. The molecule has 0 amide bonds. The molecule has 6 nitrogen and oxygen atoms in total. The summed E-state index contributed by atoms with van der Waals surface area (Å²) in [5.74, 6) is 0.526. The van der Waals surface area contributed by atoms with Crippen molar-refractivity contribution < 1.29 is 14.8 Å². The lowest BCUT2D eigenvalue weighted by Crippen LogP contribution is -2.31. The number of aliphatic hydroxyl groups is 1. The van der Waals surface area contributed by atoms with Gasteiger partial charge < -0.3 is 15.2 Å². The average Bonchev–Trinajstić information content (AvgIpc) is 2.36. The van der Waals surface area contributed by atoms with Crippen molar-refractivity contribution in [1.82, 2.24) is 5.32 Å². The Morgan fingerprint density at radius 2 is 2.26 bits per heavy atom. The van der Waals surface area contributed by atoms with E-state index in [1.54, 1.807) is 13.0 Å². The molecule has 2 N–H and O–H groups in total. The van der Waals surface area contributed by atoms with Crippen LogP contribution in [0.25, 0.3) is 0 Å². The average molecular weight is 268 g/mol. The van der Waals surface area contributed by atoms with E-state index in [4.69, 9.17) is 4.74 Å². The lowest BCUT2D eigenvalue weighted by Gasteiger charge is -2.13. The molecule has 1 unspecified atom stereocenters. The number of nitro groups is 1. The standard InChI is InChI=1S/C13H20N2O4/c1-3-6-14-8-11(16)9-19-12-4-5-13(15(17)18)10(2)7-12/h4-5,7,11,14,16H,3,6,8-9H2,1-2H3. The first-order valence-corrected chi connectivity index (χ1v) is 6.31. The Morgan fingerprint density at radius 3 is 2.84 bits per heavy atom. The third-order valence-electron chi connectivity index (χ3n) is 2.61. The maximum atomic E-state index is 10.7. The largest absolute Gasteiger partial charge is 0.491 e. The van der Waals surface area contributed by atoms with Gasteiger partial charge >= 0.3 is 0 Å². The zero-order chi connectivity index (χ0) is 14.3. The van der Waals surface area contributed by atoms with Crippen molar-refractivity contribution in [3.05, 3.63) is 33.9 Å². The Morgan fingerprint density at radius 1 is 1.53 bits per heavy atom. The fourth-order valence-corrected chi connectivity index (χ4v) is 1.62. The molecule has 0 saturated carbocycles. The number of aliphatic hydroxyl groups excluding tert-OH is 1. The van der Waals surface area contributed by atoms with E-state index in [9.17, 15) is 15.2 Å². The van der Waals surface area contributed by atoms with E-state index in [2.05, 4.69) is 12.2 Å². The summed E-state index contributed by atoms with van der Waals surface area (Å²) in [4.78, 5) is 10.2. The van der Waals surface area contributed by atoms with E-state index in [-0.39, 0.29) is 12.3 Å². The molecule has 0 aliphatic carbocycles. The number of benzene rings is 1. The van der Waals surface area contributed by atoms with Crippen molar-refractivity contribution in [3.8, 4) is 5.75 Å². The van der Waals surface area contributed by atoms with E-state index in [0.29, 0.717) is 17.9 Å². The zero-order valence-corrected chi connectivity index (χ0v) is 11.3. The summed E-state index contributed by atoms with van der Waals surface area (Å²) in [6.45, 7) is 5.20. The maximum absolute atomic E-state index is 10.7. The van der Waals surface area contributed by atoms with Crippen LogP contribution >= 0.6 is 0 Å². The van der Waals surface area contributed by atoms with Gasteiger partial charge in [-0.05, 0) is 32.0 Å². The van der Waals surface area contributed by atoms with Crippen molar-refractivity contribution in [3.63, 3.8) is 0 Å². The fraction of sp³-hybridized carbons (Fsp3) is 0.538. The van der Waals surface area contributed by atoms with Crippen LogP contribution in [0.15, 0.2) is 18.2 Å². The quantitative estimate of drug-likeness (QED) is 0.425. The van der Waals surface area contributed by atoms with Gasteiger partial charge in [0.25, 0.3) is 5.69 Å². The first-order valence-electron chi connectivity index (χ1n) is 6.31. The number of hydrogen-bond donors (Lipinski definition) is 2. The minimum Gasteiger partial charge on any atom is -0.491 e. The first kappa shape index (κ1) is 15.4. The third-order valence-corrected chi connectivity index (χ3v) is 2.61. The van der Waals surface area contributed by atoms with Crippen LogP contribution < -0.4 is 10.1 Å². The highest BCUT2D eigenvalue weighted by molar-refractivity contribution is 5.44. The molecule has 19 heavy (non-hydrogen) atoms. The molecule has 0 heterocycles. The Balaban J connectivity index is 2.45. The Kier molecular flexibility index (Phi) is 6.24. The molecule has 1 atom stereocenters. The van der Waals surface area contributed by atoms with Crippen LogP contribution in [0.4, 0.5) is 5.69 Å². The zero-order valence-electron chi connectivity index (χ0n) is 11.3. The van der Waals surface area contributed by atoms with Gasteiger partial charge in [0.05, 0.1) is 4.92 Å². The highest BCUT2D eigenvalue weighted by Gasteiger charge is 2.11. The number of aryl methyl sites for hydroxylation is 1. The van der Waals surface area contributed by atoms with Gasteiger partial charge in [0.15, 0.2) is 0 Å². The van der Waals surface area contributed by atoms with Crippen LogP contribution in [0.1, 0.15) is 18.9 Å². The molecule has 1 aromatic rings.